The first-order valence-corrected chi connectivity index (χ1v) is 10.7. The van der Waals surface area contributed by atoms with Crippen LogP contribution in [0, 0.1) is 0 Å². The van der Waals surface area contributed by atoms with Gasteiger partial charge >= 0.3 is 5.97 Å². The molecule has 0 bridgehead atoms. The number of ether oxygens (including phenoxy) is 1. The minimum absolute atomic E-state index is 0.176. The highest BCUT2D eigenvalue weighted by atomic mass is 16.5. The molecule has 4 aromatic rings. The van der Waals surface area contributed by atoms with Gasteiger partial charge in [-0.2, -0.15) is 0 Å². The summed E-state index contributed by atoms with van der Waals surface area (Å²) in [5.41, 5.74) is 2.65. The number of hydrogen-bond donors (Lipinski definition) is 0. The van der Waals surface area contributed by atoms with Crippen LogP contribution < -0.4 is 0 Å². The number of aromatic nitrogens is 4. The molecule has 8 heteroatoms. The number of carbonyl (C=O) groups excluding carboxylic acids is 2. The minimum Gasteiger partial charge on any atom is -0.468 e. The first-order valence-electron chi connectivity index (χ1n) is 10.7. The predicted molar refractivity (Wildman–Crippen MR) is 122 cm³/mol. The van der Waals surface area contributed by atoms with Gasteiger partial charge in [-0.3, -0.25) is 14.6 Å². The van der Waals surface area contributed by atoms with Crippen LogP contribution in [0.4, 0.5) is 0 Å². The monoisotopic (exact) mass is 441 g/mol. The molecule has 166 valence electrons. The van der Waals surface area contributed by atoms with Gasteiger partial charge in [0.2, 0.25) is 0 Å². The first kappa shape index (κ1) is 20.8. The third-order valence-corrected chi connectivity index (χ3v) is 6.22. The summed E-state index contributed by atoms with van der Waals surface area (Å²) in [6.07, 6.45) is 5.53. The number of methoxy groups -OCH3 is 1. The normalized spacial score (nSPS) is 17.9. The molecule has 33 heavy (non-hydrogen) atoms. The van der Waals surface area contributed by atoms with Gasteiger partial charge in [0.1, 0.15) is 10.9 Å². The SMILES string of the molecule is COC(=O)C1(c2ccccc2)CCN(C(=O)c2cnc3c(c2)ncn3Cc2ccccn2)C1. The Labute approximate surface area is 190 Å². The highest BCUT2D eigenvalue weighted by Crippen LogP contribution is 2.36. The van der Waals surface area contributed by atoms with Crippen LogP contribution in [-0.2, 0) is 21.5 Å². The molecule has 1 amide bonds. The maximum Gasteiger partial charge on any atom is 0.318 e. The number of hydrogen-bond acceptors (Lipinski definition) is 6. The van der Waals surface area contributed by atoms with Crippen LogP contribution in [0.15, 0.2) is 73.3 Å². The molecule has 1 fully saturated rings. The standard InChI is InChI=1S/C25H23N5O3/c1-33-24(32)25(19-7-3-2-4-8-19)10-12-29(16-25)23(31)18-13-21-22(27-14-18)30(17-28-21)15-20-9-5-6-11-26-20/h2-9,11,13-14,17H,10,12,15-16H2,1H3. The summed E-state index contributed by atoms with van der Waals surface area (Å²) >= 11 is 0. The summed E-state index contributed by atoms with van der Waals surface area (Å²) in [6.45, 7) is 1.26. The number of benzene rings is 1. The quantitative estimate of drug-likeness (QED) is 0.443. The van der Waals surface area contributed by atoms with Crippen molar-refractivity contribution in [1.29, 1.82) is 0 Å². The molecule has 0 aliphatic carbocycles. The number of likely N-dealkylation sites (tertiary alicyclic amines) is 1. The van der Waals surface area contributed by atoms with Crippen molar-refractivity contribution in [3.63, 3.8) is 0 Å². The number of nitrogens with zero attached hydrogens (tertiary/aromatic N) is 5. The Balaban J connectivity index is 1.39. The summed E-state index contributed by atoms with van der Waals surface area (Å²) in [4.78, 5) is 41.1. The highest BCUT2D eigenvalue weighted by molar-refractivity contribution is 5.97. The molecule has 0 radical (unpaired) electrons. The number of carbonyl (C=O) groups is 2. The van der Waals surface area contributed by atoms with Gasteiger partial charge in [0.05, 0.1) is 31.2 Å². The number of esters is 1. The van der Waals surface area contributed by atoms with Crippen molar-refractivity contribution in [1.82, 2.24) is 24.4 Å². The average Bonchev–Trinajstić information content (AvgIpc) is 3.50. The van der Waals surface area contributed by atoms with Crippen LogP contribution in [0.5, 0.6) is 0 Å². The topological polar surface area (TPSA) is 90.2 Å². The molecule has 1 aromatic carbocycles. The van der Waals surface area contributed by atoms with Crippen LogP contribution >= 0.6 is 0 Å². The molecule has 4 heterocycles. The van der Waals surface area contributed by atoms with Gasteiger partial charge in [0.15, 0.2) is 5.65 Å². The van der Waals surface area contributed by atoms with Crippen molar-refractivity contribution in [2.45, 2.75) is 18.4 Å². The zero-order valence-electron chi connectivity index (χ0n) is 18.2. The molecule has 1 aliphatic rings. The van der Waals surface area contributed by atoms with Crippen molar-refractivity contribution >= 4 is 23.0 Å². The summed E-state index contributed by atoms with van der Waals surface area (Å²) in [5.74, 6) is -0.503. The maximum atomic E-state index is 13.3. The van der Waals surface area contributed by atoms with E-state index in [4.69, 9.17) is 4.74 Å². The fourth-order valence-corrected chi connectivity index (χ4v) is 4.49. The summed E-state index contributed by atoms with van der Waals surface area (Å²) < 4.78 is 7.03. The van der Waals surface area contributed by atoms with E-state index in [1.807, 2.05) is 53.1 Å². The highest BCUT2D eigenvalue weighted by Gasteiger charge is 2.48. The average molecular weight is 441 g/mol. The van der Waals surface area contributed by atoms with Crippen LogP contribution in [-0.4, -0.2) is 56.5 Å². The third kappa shape index (κ3) is 3.73. The van der Waals surface area contributed by atoms with Crippen LogP contribution in [0.1, 0.15) is 28.0 Å². The smallest absolute Gasteiger partial charge is 0.318 e. The van der Waals surface area contributed by atoms with Gasteiger partial charge in [-0.05, 0) is 30.2 Å². The molecule has 1 saturated heterocycles. The largest absolute Gasteiger partial charge is 0.468 e. The van der Waals surface area contributed by atoms with E-state index in [-0.39, 0.29) is 18.4 Å². The van der Waals surface area contributed by atoms with Gasteiger partial charge in [0, 0.05) is 25.5 Å². The van der Waals surface area contributed by atoms with Crippen molar-refractivity contribution in [3.8, 4) is 0 Å². The number of amides is 1. The number of rotatable bonds is 5. The molecule has 3 aromatic heterocycles. The Morgan fingerprint density at radius 1 is 1.06 bits per heavy atom. The lowest BCUT2D eigenvalue weighted by Crippen LogP contribution is -2.41. The molecule has 5 rings (SSSR count). The Bertz CT molecular complexity index is 1310. The van der Waals surface area contributed by atoms with Gasteiger partial charge in [-0.15, -0.1) is 0 Å². The van der Waals surface area contributed by atoms with E-state index in [1.165, 1.54) is 7.11 Å². The lowest BCUT2D eigenvalue weighted by atomic mass is 9.79. The summed E-state index contributed by atoms with van der Waals surface area (Å²) in [6, 6.07) is 17.0. The summed E-state index contributed by atoms with van der Waals surface area (Å²) in [5, 5.41) is 0. The predicted octanol–water partition coefficient (Wildman–Crippen LogP) is 2.83. The van der Waals surface area contributed by atoms with Crippen molar-refractivity contribution < 1.29 is 14.3 Å². The summed E-state index contributed by atoms with van der Waals surface area (Å²) in [7, 11) is 1.39. The second-order valence-corrected chi connectivity index (χ2v) is 8.18. The molecular formula is C25H23N5O3. The van der Waals surface area contributed by atoms with Gasteiger partial charge in [-0.1, -0.05) is 36.4 Å². The van der Waals surface area contributed by atoms with E-state index >= 15 is 0 Å². The van der Waals surface area contributed by atoms with E-state index in [0.717, 1.165) is 11.3 Å². The lowest BCUT2D eigenvalue weighted by Gasteiger charge is -2.27. The maximum absolute atomic E-state index is 13.3. The second kappa shape index (κ2) is 8.46. The van der Waals surface area contributed by atoms with E-state index in [2.05, 4.69) is 15.0 Å². The number of fused-ring (bicyclic) bond motifs is 1. The van der Waals surface area contributed by atoms with Crippen LogP contribution in [0.25, 0.3) is 11.2 Å². The Morgan fingerprint density at radius 2 is 1.88 bits per heavy atom. The Morgan fingerprint density at radius 3 is 2.64 bits per heavy atom. The Kier molecular flexibility index (Phi) is 5.34. The number of imidazole rings is 1. The van der Waals surface area contributed by atoms with E-state index < -0.39 is 5.41 Å². The molecule has 0 N–H and O–H groups in total. The third-order valence-electron chi connectivity index (χ3n) is 6.22. The molecule has 1 atom stereocenters. The zero-order chi connectivity index (χ0) is 22.8. The second-order valence-electron chi connectivity index (χ2n) is 8.18. The number of pyridine rings is 2. The van der Waals surface area contributed by atoms with Crippen LogP contribution in [0.2, 0.25) is 0 Å². The molecular weight excluding hydrogens is 418 g/mol. The molecule has 1 aliphatic heterocycles. The van der Waals surface area contributed by atoms with Gasteiger partial charge in [-0.25, -0.2) is 9.97 Å². The molecule has 1 unspecified atom stereocenters. The molecule has 0 spiro atoms. The minimum atomic E-state index is -0.868. The lowest BCUT2D eigenvalue weighted by molar-refractivity contribution is -0.147. The van der Waals surface area contributed by atoms with Gasteiger partial charge < -0.3 is 14.2 Å². The van der Waals surface area contributed by atoms with Crippen LogP contribution in [0.3, 0.4) is 0 Å². The zero-order valence-corrected chi connectivity index (χ0v) is 18.2. The molecule has 8 nitrogen and oxygen atoms in total. The van der Waals surface area contributed by atoms with Crippen molar-refractivity contribution in [2.75, 3.05) is 20.2 Å². The first-order chi connectivity index (χ1) is 16.1. The van der Waals surface area contributed by atoms with Crippen molar-refractivity contribution in [3.05, 3.63) is 90.1 Å². The fraction of sp³-hybridized carbons (Fsp3) is 0.240. The molecule has 0 saturated carbocycles. The van der Waals surface area contributed by atoms with Crippen molar-refractivity contribution in [2.24, 2.45) is 0 Å². The van der Waals surface area contributed by atoms with Gasteiger partial charge in [0.25, 0.3) is 5.91 Å². The Hall–Kier alpha value is -4.07. The fourth-order valence-electron chi connectivity index (χ4n) is 4.49. The van der Waals surface area contributed by atoms with E-state index in [0.29, 0.717) is 36.2 Å². The van der Waals surface area contributed by atoms with E-state index in [1.54, 1.807) is 29.7 Å². The van der Waals surface area contributed by atoms with E-state index in [9.17, 15) is 9.59 Å².